The van der Waals surface area contributed by atoms with Crippen LogP contribution < -0.4 is 5.73 Å². The van der Waals surface area contributed by atoms with Crippen molar-refractivity contribution in [3.05, 3.63) is 27.8 Å². The molecule has 0 aliphatic rings. The number of hydrogen-bond acceptors (Lipinski definition) is 0. The van der Waals surface area contributed by atoms with Gasteiger partial charge in [0.1, 0.15) is 0 Å². The minimum absolute atomic E-state index is 0.324. The van der Waals surface area contributed by atoms with Gasteiger partial charge in [0.15, 0.2) is 0 Å². The van der Waals surface area contributed by atoms with Crippen LogP contribution in [0.5, 0.6) is 0 Å². The summed E-state index contributed by atoms with van der Waals surface area (Å²) in [5, 5.41) is 0. The third-order valence-electron chi connectivity index (χ3n) is 0.827. The van der Waals surface area contributed by atoms with Gasteiger partial charge in [-0.25, -0.2) is 0 Å². The summed E-state index contributed by atoms with van der Waals surface area (Å²) >= 11 is 2.19. The molecule has 0 aliphatic carbocycles. The van der Waals surface area contributed by atoms with Crippen LogP contribution in [0.3, 0.4) is 0 Å². The van der Waals surface area contributed by atoms with Gasteiger partial charge in [-0.2, -0.15) is 5.73 Å². The predicted octanol–water partition coefficient (Wildman–Crippen LogP) is 1.99. The topological polar surface area (TPSA) is 22.3 Å². The van der Waals surface area contributed by atoms with E-state index in [2.05, 4.69) is 22.6 Å². The van der Waals surface area contributed by atoms with E-state index in [0.717, 1.165) is 3.57 Å². The molecule has 0 aromatic heterocycles. The van der Waals surface area contributed by atoms with E-state index >= 15 is 0 Å². The quantitative estimate of drug-likeness (QED) is 0.593. The lowest BCUT2D eigenvalue weighted by Gasteiger charge is -1.85. The van der Waals surface area contributed by atoms with E-state index in [0.29, 0.717) is 5.69 Å². The smallest absolute Gasteiger partial charge is 0.0857 e. The van der Waals surface area contributed by atoms with E-state index in [1.165, 1.54) is 0 Å². The molecule has 0 aliphatic heterocycles. The first-order valence-corrected chi connectivity index (χ1v) is 3.31. The summed E-state index contributed by atoms with van der Waals surface area (Å²) in [6, 6.07) is 7.05. The molecule has 40 valence electrons. The van der Waals surface area contributed by atoms with Crippen molar-refractivity contribution >= 4 is 28.3 Å². The molecule has 1 rings (SSSR count). The zero-order valence-corrected chi connectivity index (χ0v) is 6.29. The van der Waals surface area contributed by atoms with Crippen molar-refractivity contribution in [2.24, 2.45) is 0 Å². The second kappa shape index (κ2) is 2.35. The van der Waals surface area contributed by atoms with E-state index in [4.69, 9.17) is 5.73 Å². The molecule has 0 heterocycles. The summed E-state index contributed by atoms with van der Waals surface area (Å²) in [4.78, 5) is 0. The second-order valence-electron chi connectivity index (χ2n) is 1.48. The highest BCUT2D eigenvalue weighted by Gasteiger charge is 1.84. The van der Waals surface area contributed by atoms with Crippen LogP contribution >= 0.6 is 22.6 Å². The fourth-order valence-electron chi connectivity index (χ4n) is 0.441. The fourth-order valence-corrected chi connectivity index (χ4v) is 0.801. The molecule has 0 atom stereocenters. The van der Waals surface area contributed by atoms with Gasteiger partial charge < -0.3 is 0 Å². The molecule has 1 aromatic rings. The Morgan fingerprint density at radius 1 is 1.12 bits per heavy atom. The average molecular weight is 217 g/mol. The molecule has 0 spiro atoms. The maximum absolute atomic E-state index is 8.75. The molecule has 1 nitrogen and oxygen atoms in total. The summed E-state index contributed by atoms with van der Waals surface area (Å²) < 4.78 is 1.14. The van der Waals surface area contributed by atoms with Gasteiger partial charge >= 0.3 is 0 Å². The Balaban J connectivity index is 3.03. The van der Waals surface area contributed by atoms with Gasteiger partial charge in [0.2, 0.25) is 0 Å². The fraction of sp³-hybridized carbons (Fsp3) is 0. The lowest BCUT2D eigenvalue weighted by Crippen LogP contribution is -1.68. The van der Waals surface area contributed by atoms with Crippen molar-refractivity contribution in [3.63, 3.8) is 0 Å². The van der Waals surface area contributed by atoms with Crippen molar-refractivity contribution in [2.45, 2.75) is 0 Å². The standard InChI is InChI=1S/C6H4IN/c7-5-1-3-6(8)4-2-5/h1-4H. The molecule has 1 aromatic carbocycles. The zero-order valence-electron chi connectivity index (χ0n) is 4.13. The molecule has 2 heteroatoms. The minimum atomic E-state index is 0.324. The maximum Gasteiger partial charge on any atom is 0.0857 e. The summed E-state index contributed by atoms with van der Waals surface area (Å²) in [7, 11) is 0. The van der Waals surface area contributed by atoms with Crippen LogP contribution in [0.15, 0.2) is 24.3 Å². The highest BCUT2D eigenvalue weighted by atomic mass is 127. The van der Waals surface area contributed by atoms with Crippen LogP contribution in [0.4, 0.5) is 5.69 Å². The Bertz CT molecular complexity index is 147. The average Bonchev–Trinajstić information content (AvgIpc) is 1.77. The molecule has 0 amide bonds. The molecular formula is C6H4IN. The van der Waals surface area contributed by atoms with Crippen molar-refractivity contribution in [3.8, 4) is 0 Å². The van der Waals surface area contributed by atoms with Crippen LogP contribution in [0, 0.1) is 3.57 Å². The maximum atomic E-state index is 8.75. The summed E-state index contributed by atoms with van der Waals surface area (Å²) in [5.41, 5.74) is 9.08. The van der Waals surface area contributed by atoms with Crippen molar-refractivity contribution in [1.29, 1.82) is 0 Å². The Hall–Kier alpha value is -0.250. The van der Waals surface area contributed by atoms with Crippen LogP contribution in [0.1, 0.15) is 0 Å². The summed E-state index contributed by atoms with van der Waals surface area (Å²) in [5.74, 6) is 0. The number of nitrogens with zero attached hydrogens (tertiary/aromatic N) is 1. The molecule has 0 saturated carbocycles. The molecule has 0 saturated heterocycles. The lowest BCUT2D eigenvalue weighted by atomic mass is 10.3. The molecular weight excluding hydrogens is 213 g/mol. The molecule has 8 heavy (non-hydrogen) atoms. The number of benzene rings is 1. The van der Waals surface area contributed by atoms with Crippen molar-refractivity contribution in [1.82, 2.24) is 5.73 Å². The summed E-state index contributed by atoms with van der Waals surface area (Å²) in [6.07, 6.45) is 0. The first-order valence-electron chi connectivity index (χ1n) is 2.23. The van der Waals surface area contributed by atoms with E-state index in [9.17, 15) is 0 Å². The first kappa shape index (κ1) is 5.88. The van der Waals surface area contributed by atoms with Gasteiger partial charge in [-0.05, 0) is 46.9 Å². The normalized spacial score (nSPS) is 9.12. The van der Waals surface area contributed by atoms with Gasteiger partial charge in [-0.1, -0.05) is 0 Å². The molecule has 2 radical (unpaired) electrons. The van der Waals surface area contributed by atoms with Crippen molar-refractivity contribution in [2.75, 3.05) is 0 Å². The Morgan fingerprint density at radius 3 is 2.00 bits per heavy atom. The Kier molecular flexibility index (Phi) is 1.73. The van der Waals surface area contributed by atoms with Gasteiger partial charge in [-0.3, -0.25) is 0 Å². The highest BCUT2D eigenvalue weighted by Crippen LogP contribution is 2.07. The monoisotopic (exact) mass is 217 g/mol. The van der Waals surface area contributed by atoms with Gasteiger partial charge in [0, 0.05) is 3.57 Å². The van der Waals surface area contributed by atoms with Crippen LogP contribution in [-0.2, 0) is 0 Å². The lowest BCUT2D eigenvalue weighted by molar-refractivity contribution is 1.47. The van der Waals surface area contributed by atoms with Gasteiger partial charge in [0.05, 0.1) is 5.69 Å². The first-order chi connectivity index (χ1) is 3.79. The minimum Gasteiger partial charge on any atom is -0.151 e. The van der Waals surface area contributed by atoms with Gasteiger partial charge in [0.25, 0.3) is 0 Å². The number of halogens is 1. The van der Waals surface area contributed by atoms with Crippen LogP contribution in [0.25, 0.3) is 0 Å². The molecule has 0 unspecified atom stereocenters. The van der Waals surface area contributed by atoms with Gasteiger partial charge in [-0.15, -0.1) is 0 Å². The Labute approximate surface area is 62.0 Å². The Morgan fingerprint density at radius 2 is 1.62 bits per heavy atom. The van der Waals surface area contributed by atoms with Crippen LogP contribution in [-0.4, -0.2) is 0 Å². The summed E-state index contributed by atoms with van der Waals surface area (Å²) in [6.45, 7) is 0. The van der Waals surface area contributed by atoms with E-state index in [-0.39, 0.29) is 0 Å². The van der Waals surface area contributed by atoms with Crippen molar-refractivity contribution < 1.29 is 0 Å². The zero-order chi connectivity index (χ0) is 5.98. The number of rotatable bonds is 0. The van der Waals surface area contributed by atoms with E-state index in [1.807, 2.05) is 12.1 Å². The molecule has 0 fully saturated rings. The van der Waals surface area contributed by atoms with E-state index in [1.54, 1.807) is 12.1 Å². The predicted molar refractivity (Wildman–Crippen MR) is 41.0 cm³/mol. The largest absolute Gasteiger partial charge is 0.151 e. The second-order valence-corrected chi connectivity index (χ2v) is 2.72. The molecule has 0 N–H and O–H groups in total. The highest BCUT2D eigenvalue weighted by molar-refractivity contribution is 14.1. The molecule has 0 bridgehead atoms. The number of hydrogen-bond donors (Lipinski definition) is 0. The van der Waals surface area contributed by atoms with E-state index < -0.39 is 0 Å². The third kappa shape index (κ3) is 1.36. The van der Waals surface area contributed by atoms with Crippen LogP contribution in [0.2, 0.25) is 0 Å². The third-order valence-corrected chi connectivity index (χ3v) is 1.55. The SMILES string of the molecule is [N]c1ccc(I)cc1.